The molecule has 0 atom stereocenters. The maximum Gasteiger partial charge on any atom is 0.339 e. The van der Waals surface area contributed by atoms with Crippen LogP contribution in [0, 0.1) is 0 Å². The van der Waals surface area contributed by atoms with Crippen LogP contribution in [0.4, 0.5) is 11.4 Å². The number of para-hydroxylation sites is 2. The van der Waals surface area contributed by atoms with E-state index in [9.17, 15) is 0 Å². The Bertz CT molecular complexity index is 2300. The van der Waals surface area contributed by atoms with Gasteiger partial charge in [-0.05, 0) is 91.3 Å². The summed E-state index contributed by atoms with van der Waals surface area (Å²) in [5.41, 5.74) is 12.1. The van der Waals surface area contributed by atoms with Gasteiger partial charge in [0.15, 0.2) is 0 Å². The standard InChI is InChI=1S/C50H38N2Si/c1-5-15-39(16-6-1)43-19-13-21-45(37-43)41-27-31-49(32-28-41)53(51(47-23-9-3-10-24-47)35-36-52(53)48-25-11-4-12-26-48)50-33-29-42(30-34-50)46-22-14-20-44(38-46)40-17-7-2-8-18-40/h1-38H. The Labute approximate surface area is 313 Å². The molecule has 0 unspecified atom stereocenters. The molecule has 53 heavy (non-hydrogen) atoms. The molecule has 1 aliphatic rings. The van der Waals surface area contributed by atoms with Gasteiger partial charge in [-0.1, -0.05) is 182 Å². The largest absolute Gasteiger partial charge is 0.348 e. The molecule has 0 radical (unpaired) electrons. The molecule has 8 aromatic rings. The van der Waals surface area contributed by atoms with E-state index < -0.39 is 8.40 Å². The number of nitrogens with zero attached hydrogens (tertiary/aromatic N) is 2. The molecule has 8 aromatic carbocycles. The maximum absolute atomic E-state index is 2.94. The van der Waals surface area contributed by atoms with E-state index in [-0.39, 0.29) is 0 Å². The average molecular weight is 695 g/mol. The Hall–Kier alpha value is -6.68. The summed E-state index contributed by atoms with van der Waals surface area (Å²) in [5, 5.41) is 2.61. The van der Waals surface area contributed by atoms with Crippen molar-refractivity contribution in [2.75, 3.05) is 9.13 Å². The highest BCUT2D eigenvalue weighted by Gasteiger charge is 2.52. The lowest BCUT2D eigenvalue weighted by Crippen LogP contribution is -2.75. The molecule has 0 saturated heterocycles. The lowest BCUT2D eigenvalue weighted by molar-refractivity contribution is 1.33. The van der Waals surface area contributed by atoms with Crippen LogP contribution in [0.3, 0.4) is 0 Å². The molecule has 2 nitrogen and oxygen atoms in total. The van der Waals surface area contributed by atoms with E-state index >= 15 is 0 Å². The van der Waals surface area contributed by atoms with Crippen molar-refractivity contribution in [3.05, 3.63) is 231 Å². The van der Waals surface area contributed by atoms with Gasteiger partial charge in [0, 0.05) is 23.8 Å². The number of hydrogen-bond donors (Lipinski definition) is 0. The van der Waals surface area contributed by atoms with E-state index in [0.717, 1.165) is 0 Å². The number of rotatable bonds is 8. The van der Waals surface area contributed by atoms with Gasteiger partial charge in [-0.2, -0.15) is 0 Å². The van der Waals surface area contributed by atoms with Gasteiger partial charge in [0.2, 0.25) is 0 Å². The summed E-state index contributed by atoms with van der Waals surface area (Å²) in [7, 11) is -2.94. The van der Waals surface area contributed by atoms with E-state index in [1.807, 2.05) is 0 Å². The van der Waals surface area contributed by atoms with Crippen LogP contribution < -0.4 is 19.5 Å². The van der Waals surface area contributed by atoms with Gasteiger partial charge in [0.25, 0.3) is 0 Å². The summed E-state index contributed by atoms with van der Waals surface area (Å²) in [5.74, 6) is 0. The van der Waals surface area contributed by atoms with Crippen molar-refractivity contribution in [2.24, 2.45) is 0 Å². The Balaban J connectivity index is 1.18. The van der Waals surface area contributed by atoms with Crippen LogP contribution >= 0.6 is 0 Å². The number of anilines is 2. The van der Waals surface area contributed by atoms with Crippen LogP contribution in [0.2, 0.25) is 0 Å². The second-order valence-electron chi connectivity index (χ2n) is 13.4. The molecule has 0 N–H and O–H groups in total. The van der Waals surface area contributed by atoms with Gasteiger partial charge >= 0.3 is 8.40 Å². The molecule has 1 heterocycles. The number of hydrogen-bond acceptors (Lipinski definition) is 2. The fourth-order valence-corrected chi connectivity index (χ4v) is 12.3. The molecule has 0 aromatic heterocycles. The summed E-state index contributed by atoms with van der Waals surface area (Å²) in [6, 6.07) is 79.3. The molecule has 0 fully saturated rings. The van der Waals surface area contributed by atoms with Gasteiger partial charge < -0.3 is 9.13 Å². The first kappa shape index (κ1) is 32.2. The summed E-state index contributed by atoms with van der Waals surface area (Å²) in [6.07, 6.45) is 4.56. The average Bonchev–Trinajstić information content (AvgIpc) is 3.66. The van der Waals surface area contributed by atoms with Crippen molar-refractivity contribution in [1.29, 1.82) is 0 Å². The van der Waals surface area contributed by atoms with Crippen LogP contribution in [0.1, 0.15) is 0 Å². The minimum absolute atomic E-state index is 1.17. The van der Waals surface area contributed by atoms with Gasteiger partial charge in [-0.25, -0.2) is 0 Å². The Kier molecular flexibility index (Phi) is 8.61. The third-order valence-corrected chi connectivity index (χ3v) is 14.8. The van der Waals surface area contributed by atoms with E-state index in [1.54, 1.807) is 0 Å². The maximum atomic E-state index is 2.55. The second-order valence-corrected chi connectivity index (χ2v) is 16.9. The van der Waals surface area contributed by atoms with Crippen molar-refractivity contribution in [3.63, 3.8) is 0 Å². The van der Waals surface area contributed by atoms with Crippen molar-refractivity contribution >= 4 is 30.1 Å². The first-order valence-corrected chi connectivity index (χ1v) is 20.1. The Morgan fingerprint density at radius 1 is 0.245 bits per heavy atom. The number of benzene rings is 8. The fourth-order valence-electron chi connectivity index (χ4n) is 7.72. The van der Waals surface area contributed by atoms with Gasteiger partial charge in [0.05, 0.1) is 0 Å². The summed E-state index contributed by atoms with van der Waals surface area (Å²) < 4.78 is 5.10. The summed E-state index contributed by atoms with van der Waals surface area (Å²) >= 11 is 0. The summed E-state index contributed by atoms with van der Waals surface area (Å²) in [6.45, 7) is 0. The van der Waals surface area contributed by atoms with Crippen LogP contribution in [0.5, 0.6) is 0 Å². The van der Waals surface area contributed by atoms with Gasteiger partial charge in [0.1, 0.15) is 0 Å². The third-order valence-electron chi connectivity index (χ3n) is 10.3. The molecular weight excluding hydrogens is 657 g/mol. The van der Waals surface area contributed by atoms with Gasteiger partial charge in [-0.15, -0.1) is 0 Å². The molecule has 3 heteroatoms. The minimum atomic E-state index is -2.94. The van der Waals surface area contributed by atoms with E-state index in [2.05, 4.69) is 240 Å². The monoisotopic (exact) mass is 694 g/mol. The SMILES string of the molecule is C1=CN(c2ccccc2)[Si](c2ccc(-c3cccc(-c4ccccc4)c3)cc2)(c2ccc(-c3cccc(-c4ccccc4)c3)cc2)N1c1ccccc1. The second kappa shape index (κ2) is 14.1. The van der Waals surface area contributed by atoms with E-state index in [4.69, 9.17) is 0 Å². The smallest absolute Gasteiger partial charge is 0.339 e. The Morgan fingerprint density at radius 3 is 0.868 bits per heavy atom. The predicted octanol–water partition coefficient (Wildman–Crippen LogP) is 11.4. The molecule has 0 saturated carbocycles. The molecule has 9 rings (SSSR count). The molecule has 0 bridgehead atoms. The van der Waals surface area contributed by atoms with Crippen molar-refractivity contribution < 1.29 is 0 Å². The lowest BCUT2D eigenvalue weighted by Gasteiger charge is -2.44. The highest BCUT2D eigenvalue weighted by Crippen LogP contribution is 2.35. The summed E-state index contributed by atoms with van der Waals surface area (Å²) in [4.78, 5) is 0. The molecule has 0 spiro atoms. The quantitative estimate of drug-likeness (QED) is 0.146. The van der Waals surface area contributed by atoms with Crippen molar-refractivity contribution in [1.82, 2.24) is 0 Å². The van der Waals surface area contributed by atoms with Gasteiger partial charge in [-0.3, -0.25) is 0 Å². The molecular formula is C50H38N2Si. The minimum Gasteiger partial charge on any atom is -0.348 e. The predicted molar refractivity (Wildman–Crippen MR) is 227 cm³/mol. The highest BCUT2D eigenvalue weighted by atomic mass is 28.3. The van der Waals surface area contributed by atoms with Crippen molar-refractivity contribution in [3.8, 4) is 44.5 Å². The topological polar surface area (TPSA) is 6.48 Å². The third kappa shape index (κ3) is 6.07. The zero-order valence-corrected chi connectivity index (χ0v) is 30.3. The van der Waals surface area contributed by atoms with Crippen molar-refractivity contribution in [2.45, 2.75) is 0 Å². The normalized spacial score (nSPS) is 13.3. The van der Waals surface area contributed by atoms with E-state index in [0.29, 0.717) is 0 Å². The Morgan fingerprint density at radius 2 is 0.528 bits per heavy atom. The highest BCUT2D eigenvalue weighted by molar-refractivity contribution is 7.08. The fraction of sp³-hybridized carbons (Fsp3) is 0. The molecule has 252 valence electrons. The zero-order chi connectivity index (χ0) is 35.5. The lowest BCUT2D eigenvalue weighted by atomic mass is 9.99. The van der Waals surface area contributed by atoms with Crippen LogP contribution in [-0.2, 0) is 0 Å². The van der Waals surface area contributed by atoms with E-state index in [1.165, 1.54) is 66.3 Å². The zero-order valence-electron chi connectivity index (χ0n) is 29.3. The molecule has 1 aliphatic heterocycles. The molecule has 0 aliphatic carbocycles. The molecule has 0 amide bonds. The van der Waals surface area contributed by atoms with Crippen LogP contribution in [0.15, 0.2) is 231 Å². The first-order chi connectivity index (χ1) is 26.3. The van der Waals surface area contributed by atoms with Crippen LogP contribution in [0.25, 0.3) is 44.5 Å². The first-order valence-electron chi connectivity index (χ1n) is 18.2. The van der Waals surface area contributed by atoms with Crippen LogP contribution in [-0.4, -0.2) is 8.40 Å².